The highest BCUT2D eigenvalue weighted by Gasteiger charge is 2.65. The van der Waals surface area contributed by atoms with Crippen molar-refractivity contribution in [1.82, 2.24) is 0 Å². The fourth-order valence-corrected chi connectivity index (χ4v) is 7.63. The van der Waals surface area contributed by atoms with Crippen molar-refractivity contribution < 1.29 is 14.7 Å². The summed E-state index contributed by atoms with van der Waals surface area (Å²) in [5, 5.41) is 11.0. The zero-order valence-electron chi connectivity index (χ0n) is 15.4. The number of rotatable bonds is 1. The SMILES string of the molecule is CC1C(=O)CC[C@@]2(C=O)C1CC[C@@H]1[C@H]2CC[C@@]2(C)[C@H]1CCC2(C)O. The van der Waals surface area contributed by atoms with E-state index >= 15 is 0 Å². The van der Waals surface area contributed by atoms with E-state index in [-0.39, 0.29) is 22.7 Å². The number of Topliss-reactive ketones (excluding diaryl/α,β-unsaturated/α-hetero) is 1. The summed E-state index contributed by atoms with van der Waals surface area (Å²) in [6.07, 6.45) is 8.82. The summed E-state index contributed by atoms with van der Waals surface area (Å²) in [5.74, 6) is 2.18. The molecule has 0 spiro atoms. The average Bonchev–Trinajstić information content (AvgIpc) is 2.80. The van der Waals surface area contributed by atoms with Gasteiger partial charge < -0.3 is 9.90 Å². The van der Waals surface area contributed by atoms with E-state index < -0.39 is 5.60 Å². The summed E-state index contributed by atoms with van der Waals surface area (Å²) in [4.78, 5) is 24.6. The number of fused-ring (bicyclic) bond motifs is 5. The second-order valence-electron chi connectivity index (χ2n) is 9.81. The molecule has 0 aromatic carbocycles. The Bertz CT molecular complexity index is 567. The summed E-state index contributed by atoms with van der Waals surface area (Å²) in [6.45, 7) is 6.36. The van der Waals surface area contributed by atoms with Gasteiger partial charge in [-0.25, -0.2) is 0 Å². The Hall–Kier alpha value is -0.700. The van der Waals surface area contributed by atoms with Gasteiger partial charge in [0.2, 0.25) is 0 Å². The molecular formula is C21H32O3. The van der Waals surface area contributed by atoms with Gasteiger partial charge in [0.15, 0.2) is 0 Å². The maximum Gasteiger partial charge on any atom is 0.136 e. The van der Waals surface area contributed by atoms with Gasteiger partial charge in [-0.2, -0.15) is 0 Å². The number of carbonyl (C=O) groups is 2. The molecular weight excluding hydrogens is 300 g/mol. The highest BCUT2D eigenvalue weighted by molar-refractivity contribution is 5.84. The largest absolute Gasteiger partial charge is 0.390 e. The number of aldehydes is 1. The van der Waals surface area contributed by atoms with Crippen LogP contribution in [0.15, 0.2) is 0 Å². The zero-order chi connectivity index (χ0) is 17.3. The lowest BCUT2D eigenvalue weighted by atomic mass is 9.43. The Balaban J connectivity index is 1.70. The molecule has 4 aliphatic carbocycles. The molecule has 0 radical (unpaired) electrons. The molecule has 0 aromatic rings. The molecule has 3 nitrogen and oxygen atoms in total. The Morgan fingerprint density at radius 2 is 1.71 bits per heavy atom. The van der Waals surface area contributed by atoms with Crippen LogP contribution in [-0.4, -0.2) is 22.8 Å². The van der Waals surface area contributed by atoms with E-state index in [1.807, 2.05) is 6.92 Å². The van der Waals surface area contributed by atoms with Crippen molar-refractivity contribution in [3.63, 3.8) is 0 Å². The molecule has 0 aliphatic heterocycles. The van der Waals surface area contributed by atoms with E-state index in [2.05, 4.69) is 13.8 Å². The molecule has 1 N–H and O–H groups in total. The lowest BCUT2D eigenvalue weighted by molar-refractivity contribution is -0.168. The number of hydrogen-bond acceptors (Lipinski definition) is 3. The normalized spacial score (nSPS) is 57.0. The van der Waals surface area contributed by atoms with Crippen molar-refractivity contribution in [1.29, 1.82) is 0 Å². The Labute approximate surface area is 145 Å². The van der Waals surface area contributed by atoms with Gasteiger partial charge in [-0.1, -0.05) is 13.8 Å². The lowest BCUT2D eigenvalue weighted by Gasteiger charge is -2.60. The summed E-state index contributed by atoms with van der Waals surface area (Å²) in [5.41, 5.74) is -0.836. The van der Waals surface area contributed by atoms with Gasteiger partial charge in [-0.3, -0.25) is 4.79 Å². The molecule has 0 amide bonds. The van der Waals surface area contributed by atoms with Crippen LogP contribution in [0.3, 0.4) is 0 Å². The molecule has 4 saturated carbocycles. The molecule has 0 aromatic heterocycles. The first-order valence-electron chi connectivity index (χ1n) is 9.98. The van der Waals surface area contributed by atoms with Gasteiger partial charge in [0.05, 0.1) is 5.60 Å². The summed E-state index contributed by atoms with van der Waals surface area (Å²) < 4.78 is 0. The van der Waals surface area contributed by atoms with Crippen LogP contribution in [0.5, 0.6) is 0 Å². The smallest absolute Gasteiger partial charge is 0.136 e. The second-order valence-corrected chi connectivity index (χ2v) is 9.81. The van der Waals surface area contributed by atoms with Crippen LogP contribution in [0.1, 0.15) is 72.1 Å². The molecule has 3 unspecified atom stereocenters. The van der Waals surface area contributed by atoms with Crippen LogP contribution < -0.4 is 0 Å². The van der Waals surface area contributed by atoms with Crippen LogP contribution in [0.2, 0.25) is 0 Å². The number of carbonyl (C=O) groups excluding carboxylic acids is 2. The van der Waals surface area contributed by atoms with E-state index in [4.69, 9.17) is 0 Å². The van der Waals surface area contributed by atoms with Crippen LogP contribution in [0.4, 0.5) is 0 Å². The third-order valence-corrected chi connectivity index (χ3v) is 9.33. The molecule has 4 aliphatic rings. The van der Waals surface area contributed by atoms with E-state index in [1.54, 1.807) is 0 Å². The van der Waals surface area contributed by atoms with E-state index in [9.17, 15) is 14.7 Å². The predicted molar refractivity (Wildman–Crippen MR) is 92.3 cm³/mol. The average molecular weight is 332 g/mol. The Morgan fingerprint density at radius 3 is 2.42 bits per heavy atom. The maximum absolute atomic E-state index is 12.4. The first kappa shape index (κ1) is 16.8. The summed E-state index contributed by atoms with van der Waals surface area (Å²) in [7, 11) is 0. The van der Waals surface area contributed by atoms with Crippen molar-refractivity contribution in [3.05, 3.63) is 0 Å². The zero-order valence-corrected chi connectivity index (χ0v) is 15.4. The fourth-order valence-electron chi connectivity index (χ4n) is 7.63. The summed E-state index contributed by atoms with van der Waals surface area (Å²) in [6, 6.07) is 0. The number of ketones is 1. The van der Waals surface area contributed by atoms with Crippen LogP contribution in [0, 0.1) is 40.4 Å². The van der Waals surface area contributed by atoms with Gasteiger partial charge in [0, 0.05) is 17.8 Å². The van der Waals surface area contributed by atoms with Crippen molar-refractivity contribution >= 4 is 12.1 Å². The molecule has 134 valence electrons. The quantitative estimate of drug-likeness (QED) is 0.744. The van der Waals surface area contributed by atoms with Gasteiger partial charge in [0.25, 0.3) is 0 Å². The fraction of sp³-hybridized carbons (Fsp3) is 0.905. The van der Waals surface area contributed by atoms with Crippen molar-refractivity contribution in [3.8, 4) is 0 Å². The molecule has 0 saturated heterocycles. The maximum atomic E-state index is 12.4. The van der Waals surface area contributed by atoms with E-state index in [0.29, 0.717) is 30.0 Å². The molecule has 4 fully saturated rings. The third-order valence-electron chi connectivity index (χ3n) is 9.33. The van der Waals surface area contributed by atoms with Crippen molar-refractivity contribution in [2.75, 3.05) is 0 Å². The Kier molecular flexibility index (Phi) is 3.60. The third kappa shape index (κ3) is 1.88. The van der Waals surface area contributed by atoms with Crippen LogP contribution in [-0.2, 0) is 9.59 Å². The predicted octanol–water partition coefficient (Wildman–Crippen LogP) is 3.77. The molecule has 24 heavy (non-hydrogen) atoms. The number of aliphatic hydroxyl groups is 1. The highest BCUT2D eigenvalue weighted by atomic mass is 16.3. The standard InChI is InChI=1S/C21H32O3/c1-13-15-5-4-14-16-7-10-20(3,24)19(16,2)9-6-17(14)21(15,12-22)11-8-18(13)23/h12-17,24H,4-11H2,1-3H3/t13?,14-,15?,16-,17+,19-,20?,21+/m0/s1. The van der Waals surface area contributed by atoms with Crippen molar-refractivity contribution in [2.24, 2.45) is 40.4 Å². The summed E-state index contributed by atoms with van der Waals surface area (Å²) >= 11 is 0. The van der Waals surface area contributed by atoms with Gasteiger partial charge in [0.1, 0.15) is 12.1 Å². The minimum atomic E-state index is -0.566. The topological polar surface area (TPSA) is 54.4 Å². The minimum Gasteiger partial charge on any atom is -0.390 e. The van der Waals surface area contributed by atoms with Crippen LogP contribution >= 0.6 is 0 Å². The van der Waals surface area contributed by atoms with Gasteiger partial charge >= 0.3 is 0 Å². The minimum absolute atomic E-state index is 0.00117. The van der Waals surface area contributed by atoms with E-state index in [1.165, 1.54) is 6.29 Å². The first-order valence-corrected chi connectivity index (χ1v) is 9.98. The molecule has 0 bridgehead atoms. The number of hydrogen-bond donors (Lipinski definition) is 1. The molecule has 4 rings (SSSR count). The van der Waals surface area contributed by atoms with Gasteiger partial charge in [-0.15, -0.1) is 0 Å². The second kappa shape index (κ2) is 5.16. The molecule has 3 heteroatoms. The first-order chi connectivity index (χ1) is 11.3. The lowest BCUT2D eigenvalue weighted by Crippen LogP contribution is -2.59. The Morgan fingerprint density at radius 1 is 1.00 bits per heavy atom. The van der Waals surface area contributed by atoms with Gasteiger partial charge in [-0.05, 0) is 81.0 Å². The molecule has 0 heterocycles. The monoisotopic (exact) mass is 332 g/mol. The van der Waals surface area contributed by atoms with E-state index in [0.717, 1.165) is 44.9 Å². The molecule has 8 atom stereocenters. The van der Waals surface area contributed by atoms with Crippen molar-refractivity contribution in [2.45, 2.75) is 77.7 Å². The van der Waals surface area contributed by atoms with Crippen LogP contribution in [0.25, 0.3) is 0 Å². The highest BCUT2D eigenvalue weighted by Crippen LogP contribution is 2.68.